The summed E-state index contributed by atoms with van der Waals surface area (Å²) in [6, 6.07) is 16.4. The van der Waals surface area contributed by atoms with E-state index in [9.17, 15) is 9.90 Å². The lowest BCUT2D eigenvalue weighted by molar-refractivity contribution is 0.102. The van der Waals surface area contributed by atoms with Gasteiger partial charge in [-0.25, -0.2) is 9.98 Å². The molecule has 7 nitrogen and oxygen atoms in total. The first-order valence-electron chi connectivity index (χ1n) is 8.91. The Hall–Kier alpha value is -3.84. The molecular formula is C22H16ClN3O4. The van der Waals surface area contributed by atoms with Gasteiger partial charge in [-0.15, -0.1) is 0 Å². The molecule has 30 heavy (non-hydrogen) atoms. The number of halogens is 1. The molecule has 0 saturated heterocycles. The molecular weight excluding hydrogens is 406 g/mol. The summed E-state index contributed by atoms with van der Waals surface area (Å²) >= 11 is 6.10. The van der Waals surface area contributed by atoms with E-state index in [-0.39, 0.29) is 16.9 Å². The van der Waals surface area contributed by atoms with Gasteiger partial charge in [0.05, 0.1) is 7.11 Å². The normalized spacial score (nSPS) is 11.5. The fraction of sp³-hybridized carbons (Fsp3) is 0.0455. The lowest BCUT2D eigenvalue weighted by Gasteiger charge is -2.08. The van der Waals surface area contributed by atoms with Crippen LogP contribution in [0.25, 0.3) is 11.0 Å². The van der Waals surface area contributed by atoms with E-state index in [0.717, 1.165) is 0 Å². The number of rotatable bonds is 4. The number of anilines is 1. The van der Waals surface area contributed by atoms with Crippen LogP contribution in [-0.2, 0) is 0 Å². The van der Waals surface area contributed by atoms with Gasteiger partial charge in [-0.1, -0.05) is 17.7 Å². The highest BCUT2D eigenvalue weighted by atomic mass is 35.5. The average Bonchev–Trinajstić information content (AvgIpc) is 2.74. The summed E-state index contributed by atoms with van der Waals surface area (Å²) in [4.78, 5) is 21.6. The fourth-order valence-electron chi connectivity index (χ4n) is 2.83. The Morgan fingerprint density at radius 3 is 2.80 bits per heavy atom. The number of carbonyl (C=O) groups excluding carboxylic acids is 1. The van der Waals surface area contributed by atoms with Gasteiger partial charge in [0, 0.05) is 22.7 Å². The van der Waals surface area contributed by atoms with Crippen LogP contribution in [0.4, 0.5) is 11.5 Å². The minimum atomic E-state index is -0.452. The van der Waals surface area contributed by atoms with Gasteiger partial charge in [-0.3, -0.25) is 4.79 Å². The van der Waals surface area contributed by atoms with E-state index in [2.05, 4.69) is 15.3 Å². The summed E-state index contributed by atoms with van der Waals surface area (Å²) in [7, 11) is 1.51. The van der Waals surface area contributed by atoms with Gasteiger partial charge in [0.25, 0.3) is 5.91 Å². The van der Waals surface area contributed by atoms with E-state index in [1.165, 1.54) is 19.2 Å². The molecule has 2 aromatic carbocycles. The highest BCUT2D eigenvalue weighted by Crippen LogP contribution is 2.30. The number of fused-ring (bicyclic) bond motifs is 1. The van der Waals surface area contributed by atoms with Crippen molar-refractivity contribution in [2.24, 2.45) is 4.99 Å². The smallest absolute Gasteiger partial charge is 0.262 e. The summed E-state index contributed by atoms with van der Waals surface area (Å²) in [6.45, 7) is 0. The number of nitrogens with zero attached hydrogens (tertiary/aromatic N) is 2. The zero-order valence-electron chi connectivity index (χ0n) is 15.8. The van der Waals surface area contributed by atoms with Crippen molar-refractivity contribution in [1.82, 2.24) is 4.98 Å². The summed E-state index contributed by atoms with van der Waals surface area (Å²) in [5, 5.41) is 13.6. The van der Waals surface area contributed by atoms with Gasteiger partial charge in [0.1, 0.15) is 34.2 Å². The van der Waals surface area contributed by atoms with Crippen molar-refractivity contribution in [2.75, 3.05) is 12.4 Å². The van der Waals surface area contributed by atoms with Crippen molar-refractivity contribution in [3.63, 3.8) is 0 Å². The summed E-state index contributed by atoms with van der Waals surface area (Å²) in [6.07, 6.45) is 1.57. The summed E-state index contributed by atoms with van der Waals surface area (Å²) < 4.78 is 11.2. The van der Waals surface area contributed by atoms with Crippen molar-refractivity contribution < 1.29 is 19.1 Å². The molecule has 150 valence electrons. The number of phenolic OH excluding ortho intramolecular Hbond substituents is 1. The number of carbonyl (C=O) groups is 1. The van der Waals surface area contributed by atoms with Crippen LogP contribution < -0.4 is 15.6 Å². The maximum absolute atomic E-state index is 13.0. The molecule has 8 heteroatoms. The summed E-state index contributed by atoms with van der Waals surface area (Å²) in [5.41, 5.74) is 0.965. The predicted octanol–water partition coefficient (Wildman–Crippen LogP) is 4.68. The van der Waals surface area contributed by atoms with E-state index < -0.39 is 5.91 Å². The Balaban J connectivity index is 1.91. The SMILES string of the molecule is COc1ccc(Cl)cc1N=c1oc2cc(O)ccc2cc1C(=O)Nc1ccccn1. The van der Waals surface area contributed by atoms with Crippen LogP contribution in [0.2, 0.25) is 5.02 Å². The lowest BCUT2D eigenvalue weighted by atomic mass is 10.1. The Kier molecular flexibility index (Phi) is 5.36. The highest BCUT2D eigenvalue weighted by molar-refractivity contribution is 6.30. The van der Waals surface area contributed by atoms with Crippen LogP contribution >= 0.6 is 11.6 Å². The minimum Gasteiger partial charge on any atom is -0.508 e. The molecule has 4 aromatic rings. The lowest BCUT2D eigenvalue weighted by Crippen LogP contribution is -2.22. The van der Waals surface area contributed by atoms with Crippen LogP contribution in [0.1, 0.15) is 10.4 Å². The Labute approximate surface area is 176 Å². The predicted molar refractivity (Wildman–Crippen MR) is 113 cm³/mol. The maximum Gasteiger partial charge on any atom is 0.262 e. The molecule has 0 bridgehead atoms. The second kappa shape index (κ2) is 8.26. The van der Waals surface area contributed by atoms with Crippen LogP contribution in [0.5, 0.6) is 11.5 Å². The summed E-state index contributed by atoms with van der Waals surface area (Å²) in [5.74, 6) is 0.427. The molecule has 0 aliphatic rings. The first-order chi connectivity index (χ1) is 14.5. The van der Waals surface area contributed by atoms with Crippen molar-refractivity contribution >= 4 is 40.0 Å². The van der Waals surface area contributed by atoms with E-state index in [1.54, 1.807) is 54.7 Å². The maximum atomic E-state index is 13.0. The number of ether oxygens (including phenoxy) is 1. The molecule has 2 aromatic heterocycles. The van der Waals surface area contributed by atoms with Crippen molar-refractivity contribution in [1.29, 1.82) is 0 Å². The number of aromatic hydroxyl groups is 1. The van der Waals surface area contributed by atoms with Gasteiger partial charge in [0.2, 0.25) is 5.55 Å². The quantitative estimate of drug-likeness (QED) is 0.498. The van der Waals surface area contributed by atoms with Crippen LogP contribution in [-0.4, -0.2) is 23.1 Å². The Bertz CT molecular complexity index is 1300. The molecule has 0 saturated carbocycles. The number of hydrogen-bond donors (Lipinski definition) is 2. The van der Waals surface area contributed by atoms with Gasteiger partial charge < -0.3 is 19.6 Å². The van der Waals surface area contributed by atoms with E-state index >= 15 is 0 Å². The molecule has 1 amide bonds. The van der Waals surface area contributed by atoms with Crippen molar-refractivity contribution in [3.8, 4) is 11.5 Å². The number of pyridine rings is 1. The van der Waals surface area contributed by atoms with Gasteiger partial charge in [0.15, 0.2) is 0 Å². The van der Waals surface area contributed by atoms with Crippen LogP contribution in [0.15, 0.2) is 76.3 Å². The molecule has 0 atom stereocenters. The second-order valence-electron chi connectivity index (χ2n) is 6.28. The third-order valence-electron chi connectivity index (χ3n) is 4.25. The number of aromatic nitrogens is 1. The topological polar surface area (TPSA) is 97.0 Å². The molecule has 0 fully saturated rings. The molecule has 0 radical (unpaired) electrons. The zero-order chi connectivity index (χ0) is 21.1. The fourth-order valence-corrected chi connectivity index (χ4v) is 3.00. The number of amides is 1. The molecule has 0 aliphatic heterocycles. The van der Waals surface area contributed by atoms with E-state index in [1.807, 2.05) is 0 Å². The van der Waals surface area contributed by atoms with Crippen LogP contribution in [0, 0.1) is 0 Å². The first-order valence-corrected chi connectivity index (χ1v) is 9.29. The number of nitrogens with one attached hydrogen (secondary N) is 1. The minimum absolute atomic E-state index is 0.0297. The van der Waals surface area contributed by atoms with Gasteiger partial charge in [-0.05, 0) is 48.5 Å². The standard InChI is InChI=1S/C22H16ClN3O4/c1-29-18-8-6-14(23)11-17(18)25-22-16(21(28)26-20-4-2-3-9-24-20)10-13-5-7-15(27)12-19(13)30-22/h2-12,27H,1H3,(H,24,26,28). The molecule has 0 spiro atoms. The highest BCUT2D eigenvalue weighted by Gasteiger charge is 2.15. The largest absolute Gasteiger partial charge is 0.508 e. The van der Waals surface area contributed by atoms with Gasteiger partial charge >= 0.3 is 0 Å². The van der Waals surface area contributed by atoms with E-state index in [0.29, 0.717) is 33.2 Å². The molecule has 0 unspecified atom stereocenters. The first kappa shape index (κ1) is 19.5. The Morgan fingerprint density at radius 2 is 2.03 bits per heavy atom. The zero-order valence-corrected chi connectivity index (χ0v) is 16.6. The Morgan fingerprint density at radius 1 is 1.17 bits per heavy atom. The number of phenols is 1. The van der Waals surface area contributed by atoms with Crippen molar-refractivity contribution in [3.05, 3.63) is 83.0 Å². The molecule has 2 heterocycles. The monoisotopic (exact) mass is 421 g/mol. The van der Waals surface area contributed by atoms with E-state index in [4.69, 9.17) is 20.8 Å². The number of benzene rings is 2. The number of hydrogen-bond acceptors (Lipinski definition) is 6. The molecule has 0 aliphatic carbocycles. The molecule has 2 N–H and O–H groups in total. The average molecular weight is 422 g/mol. The number of methoxy groups -OCH3 is 1. The third-order valence-corrected chi connectivity index (χ3v) is 4.48. The van der Waals surface area contributed by atoms with Crippen molar-refractivity contribution in [2.45, 2.75) is 0 Å². The molecule has 4 rings (SSSR count). The third kappa shape index (κ3) is 4.11. The van der Waals surface area contributed by atoms with Gasteiger partial charge in [-0.2, -0.15) is 0 Å². The second-order valence-corrected chi connectivity index (χ2v) is 6.72. The van der Waals surface area contributed by atoms with Crippen LogP contribution in [0.3, 0.4) is 0 Å².